The van der Waals surface area contributed by atoms with Gasteiger partial charge in [-0.3, -0.25) is 14.7 Å². The summed E-state index contributed by atoms with van der Waals surface area (Å²) in [5.41, 5.74) is 2.25. The Morgan fingerprint density at radius 2 is 1.80 bits per heavy atom. The number of thiophene rings is 1. The van der Waals surface area contributed by atoms with Gasteiger partial charge in [-0.15, -0.1) is 11.3 Å². The number of H-pyrrole nitrogens is 1. The summed E-state index contributed by atoms with van der Waals surface area (Å²) in [4.78, 5) is 30.2. The van der Waals surface area contributed by atoms with Gasteiger partial charge in [-0.1, -0.05) is 18.2 Å². The van der Waals surface area contributed by atoms with E-state index in [1.807, 2.05) is 22.4 Å². The first-order valence-corrected chi connectivity index (χ1v) is 10.9. The molecule has 6 nitrogen and oxygen atoms in total. The first-order chi connectivity index (χ1) is 14.6. The van der Waals surface area contributed by atoms with Gasteiger partial charge >= 0.3 is 0 Å². The molecule has 2 atom stereocenters. The Kier molecular flexibility index (Phi) is 4.86. The quantitative estimate of drug-likeness (QED) is 0.698. The predicted molar refractivity (Wildman–Crippen MR) is 112 cm³/mol. The Hall–Kier alpha value is -3.00. The van der Waals surface area contributed by atoms with Crippen LogP contribution in [0.3, 0.4) is 0 Å². The van der Waals surface area contributed by atoms with Crippen molar-refractivity contribution in [3.05, 3.63) is 64.9 Å². The molecular weight excluding hydrogens is 403 g/mol. The zero-order valence-corrected chi connectivity index (χ0v) is 17.1. The number of aromatic amines is 1. The second kappa shape index (κ2) is 7.68. The molecule has 0 bridgehead atoms. The minimum atomic E-state index is -0.262. The maximum atomic E-state index is 13.1. The fourth-order valence-electron chi connectivity index (χ4n) is 4.06. The average Bonchev–Trinajstić information content (AvgIpc) is 3.16. The number of nitrogens with zero attached hydrogens (tertiary/aromatic N) is 3. The minimum Gasteiger partial charge on any atom is -0.339 e. The van der Waals surface area contributed by atoms with Gasteiger partial charge in [0.15, 0.2) is 5.69 Å². The van der Waals surface area contributed by atoms with Gasteiger partial charge in [0.05, 0.1) is 10.6 Å². The molecule has 0 unspecified atom stereocenters. The number of nitrogens with one attached hydrogen (secondary N) is 1. The lowest BCUT2D eigenvalue weighted by Gasteiger charge is -2.34. The lowest BCUT2D eigenvalue weighted by Crippen LogP contribution is -2.51. The first-order valence-electron chi connectivity index (χ1n) is 10.0. The predicted octanol–water partition coefficient (Wildman–Crippen LogP) is 3.37. The molecule has 2 fully saturated rings. The largest absolute Gasteiger partial charge is 0.339 e. The molecule has 1 saturated carbocycles. The number of rotatable bonds is 4. The summed E-state index contributed by atoms with van der Waals surface area (Å²) in [7, 11) is 0. The Labute approximate surface area is 177 Å². The molecule has 2 amide bonds. The molecule has 0 radical (unpaired) electrons. The summed E-state index contributed by atoms with van der Waals surface area (Å²) in [6, 6.07) is 12.1. The summed E-state index contributed by atoms with van der Waals surface area (Å²) in [5.74, 6) is -0.0923. The molecule has 8 heteroatoms. The molecule has 1 aliphatic heterocycles. The number of piperazine rings is 1. The Morgan fingerprint density at radius 1 is 1.07 bits per heavy atom. The standard InChI is InChI=1S/C22H21FN4O2S/c23-15-5-3-14(4-6-15)16-12-17(16)21(28)26-7-9-27(10-8-26)22(29)19-13-18(24-25-19)20-2-1-11-30-20/h1-6,11,13,16-17H,7-10,12H2,(H,24,25)/t16-,17+/m0/s1. The Balaban J connectivity index is 1.16. The molecule has 2 aliphatic rings. The van der Waals surface area contributed by atoms with Crippen LogP contribution in [0, 0.1) is 11.7 Å². The molecule has 30 heavy (non-hydrogen) atoms. The second-order valence-electron chi connectivity index (χ2n) is 7.76. The SMILES string of the molecule is O=C(c1cc(-c2cccs2)[nH]n1)N1CCN(C(=O)[C@@H]2C[C@H]2c2ccc(F)cc2)CC1. The Morgan fingerprint density at radius 3 is 2.50 bits per heavy atom. The number of hydrogen-bond donors (Lipinski definition) is 1. The Bertz CT molecular complexity index is 1060. The molecule has 3 heterocycles. The highest BCUT2D eigenvalue weighted by atomic mass is 32.1. The van der Waals surface area contributed by atoms with Crippen LogP contribution in [-0.2, 0) is 4.79 Å². The number of benzene rings is 1. The number of amides is 2. The van der Waals surface area contributed by atoms with Crippen LogP contribution in [-0.4, -0.2) is 58.0 Å². The van der Waals surface area contributed by atoms with Crippen LogP contribution in [0.5, 0.6) is 0 Å². The highest BCUT2D eigenvalue weighted by Crippen LogP contribution is 2.48. The van der Waals surface area contributed by atoms with Crippen molar-refractivity contribution in [1.82, 2.24) is 20.0 Å². The monoisotopic (exact) mass is 424 g/mol. The molecule has 154 valence electrons. The maximum absolute atomic E-state index is 13.1. The molecular formula is C22H21FN4O2S. The summed E-state index contributed by atoms with van der Waals surface area (Å²) in [6.45, 7) is 2.05. The number of carbonyl (C=O) groups excluding carboxylic acids is 2. The van der Waals surface area contributed by atoms with E-state index in [1.165, 1.54) is 12.1 Å². The van der Waals surface area contributed by atoms with Crippen molar-refractivity contribution in [2.24, 2.45) is 5.92 Å². The third kappa shape index (κ3) is 3.63. The van der Waals surface area contributed by atoms with Crippen molar-refractivity contribution in [2.75, 3.05) is 26.2 Å². The molecule has 5 rings (SSSR count). The van der Waals surface area contributed by atoms with Gasteiger partial charge in [0.25, 0.3) is 5.91 Å². The minimum absolute atomic E-state index is 0.0302. The van der Waals surface area contributed by atoms with Crippen molar-refractivity contribution >= 4 is 23.2 Å². The number of aromatic nitrogens is 2. The maximum Gasteiger partial charge on any atom is 0.274 e. The topological polar surface area (TPSA) is 69.3 Å². The number of hydrogen-bond acceptors (Lipinski definition) is 4. The van der Waals surface area contributed by atoms with E-state index in [0.717, 1.165) is 22.6 Å². The van der Waals surface area contributed by atoms with Crippen LogP contribution < -0.4 is 0 Å². The molecule has 1 aromatic carbocycles. The molecule has 0 spiro atoms. The van der Waals surface area contributed by atoms with Gasteiger partial charge < -0.3 is 9.80 Å². The summed E-state index contributed by atoms with van der Waals surface area (Å²) >= 11 is 1.59. The van der Waals surface area contributed by atoms with E-state index in [-0.39, 0.29) is 29.5 Å². The molecule has 1 aliphatic carbocycles. The van der Waals surface area contributed by atoms with E-state index >= 15 is 0 Å². The number of halogens is 1. The zero-order valence-electron chi connectivity index (χ0n) is 16.3. The van der Waals surface area contributed by atoms with Crippen molar-refractivity contribution < 1.29 is 14.0 Å². The zero-order chi connectivity index (χ0) is 20.7. The van der Waals surface area contributed by atoms with Gasteiger partial charge in [0.2, 0.25) is 5.91 Å². The summed E-state index contributed by atoms with van der Waals surface area (Å²) in [5, 5.41) is 9.08. The molecule has 1 saturated heterocycles. The van der Waals surface area contributed by atoms with E-state index in [4.69, 9.17) is 0 Å². The van der Waals surface area contributed by atoms with Crippen LogP contribution in [0.25, 0.3) is 10.6 Å². The fourth-order valence-corrected chi connectivity index (χ4v) is 4.75. The summed E-state index contributed by atoms with van der Waals surface area (Å²) in [6.07, 6.45) is 0.808. The number of carbonyl (C=O) groups is 2. The lowest BCUT2D eigenvalue weighted by molar-refractivity contribution is -0.134. The van der Waals surface area contributed by atoms with Crippen LogP contribution >= 0.6 is 11.3 Å². The van der Waals surface area contributed by atoms with E-state index < -0.39 is 0 Å². The van der Waals surface area contributed by atoms with Gasteiger partial charge in [-0.05, 0) is 47.5 Å². The smallest absolute Gasteiger partial charge is 0.274 e. The third-order valence-corrected chi connectivity index (χ3v) is 6.77. The van der Waals surface area contributed by atoms with Crippen molar-refractivity contribution in [1.29, 1.82) is 0 Å². The third-order valence-electron chi connectivity index (χ3n) is 5.87. The van der Waals surface area contributed by atoms with E-state index in [9.17, 15) is 14.0 Å². The van der Waals surface area contributed by atoms with Crippen LogP contribution in [0.15, 0.2) is 47.8 Å². The van der Waals surface area contributed by atoms with Crippen molar-refractivity contribution in [2.45, 2.75) is 12.3 Å². The lowest BCUT2D eigenvalue weighted by atomic mass is 10.1. The van der Waals surface area contributed by atoms with Crippen molar-refractivity contribution in [3.63, 3.8) is 0 Å². The highest BCUT2D eigenvalue weighted by Gasteiger charge is 2.46. The summed E-state index contributed by atoms with van der Waals surface area (Å²) < 4.78 is 13.1. The van der Waals surface area contributed by atoms with Crippen LogP contribution in [0.1, 0.15) is 28.4 Å². The van der Waals surface area contributed by atoms with Crippen LogP contribution in [0.4, 0.5) is 4.39 Å². The van der Waals surface area contributed by atoms with Gasteiger partial charge in [0.1, 0.15) is 5.82 Å². The van der Waals surface area contributed by atoms with Gasteiger partial charge in [-0.2, -0.15) is 5.10 Å². The molecule has 1 N–H and O–H groups in total. The first kappa shape index (κ1) is 19.0. The van der Waals surface area contributed by atoms with Crippen LogP contribution in [0.2, 0.25) is 0 Å². The van der Waals surface area contributed by atoms with E-state index in [2.05, 4.69) is 10.2 Å². The fraction of sp³-hybridized carbons (Fsp3) is 0.318. The van der Waals surface area contributed by atoms with Gasteiger partial charge in [0, 0.05) is 32.1 Å². The van der Waals surface area contributed by atoms with Gasteiger partial charge in [-0.25, -0.2) is 4.39 Å². The normalized spacial score (nSPS) is 21.0. The van der Waals surface area contributed by atoms with Crippen molar-refractivity contribution in [3.8, 4) is 10.6 Å². The highest BCUT2D eigenvalue weighted by molar-refractivity contribution is 7.13. The van der Waals surface area contributed by atoms with E-state index in [1.54, 1.807) is 34.4 Å². The molecule has 3 aromatic rings. The van der Waals surface area contributed by atoms with E-state index in [0.29, 0.717) is 31.9 Å². The second-order valence-corrected chi connectivity index (χ2v) is 8.71. The molecule has 2 aromatic heterocycles. The average molecular weight is 425 g/mol.